The van der Waals surface area contributed by atoms with Crippen LogP contribution in [0.25, 0.3) is 0 Å². The van der Waals surface area contributed by atoms with E-state index in [2.05, 4.69) is 11.4 Å². The van der Waals surface area contributed by atoms with Crippen molar-refractivity contribution in [3.63, 3.8) is 0 Å². The van der Waals surface area contributed by atoms with Gasteiger partial charge in [0.05, 0.1) is 0 Å². The van der Waals surface area contributed by atoms with Gasteiger partial charge in [0.25, 0.3) is 0 Å². The topological polar surface area (TPSA) is 50.8 Å². The molecule has 3 rings (SSSR count). The first-order chi connectivity index (χ1) is 10.7. The van der Waals surface area contributed by atoms with Gasteiger partial charge in [-0.05, 0) is 30.5 Å². The molecule has 22 heavy (non-hydrogen) atoms. The first-order valence-electron chi connectivity index (χ1n) is 8.12. The SMILES string of the molecule is CC(CCc1ccc2c(c1)OCCO2)C(=O)N1CCNCC1. The highest BCUT2D eigenvalue weighted by atomic mass is 16.6. The minimum atomic E-state index is 0.0614. The van der Waals surface area contributed by atoms with Gasteiger partial charge in [0, 0.05) is 32.1 Å². The van der Waals surface area contributed by atoms with Crippen LogP contribution >= 0.6 is 0 Å². The fourth-order valence-electron chi connectivity index (χ4n) is 2.95. The summed E-state index contributed by atoms with van der Waals surface area (Å²) in [5.41, 5.74) is 1.20. The van der Waals surface area contributed by atoms with E-state index < -0.39 is 0 Å². The van der Waals surface area contributed by atoms with E-state index >= 15 is 0 Å². The van der Waals surface area contributed by atoms with Gasteiger partial charge in [0.2, 0.25) is 5.91 Å². The predicted octanol–water partition coefficient (Wildman–Crippen LogP) is 1.46. The predicted molar refractivity (Wildman–Crippen MR) is 84.4 cm³/mol. The van der Waals surface area contributed by atoms with Crippen molar-refractivity contribution in [2.24, 2.45) is 5.92 Å². The number of ether oxygens (including phenoxy) is 2. The quantitative estimate of drug-likeness (QED) is 0.915. The standard InChI is InChI=1S/C17H24N2O3/c1-13(17(20)19-8-6-18-7-9-19)2-3-14-4-5-15-16(12-14)22-11-10-21-15/h4-5,12-13,18H,2-3,6-11H2,1H3. The first kappa shape index (κ1) is 15.2. The smallest absolute Gasteiger partial charge is 0.225 e. The number of nitrogens with one attached hydrogen (secondary N) is 1. The lowest BCUT2D eigenvalue weighted by atomic mass is 9.99. The lowest BCUT2D eigenvalue weighted by Crippen LogP contribution is -2.48. The molecule has 1 aromatic carbocycles. The molecule has 120 valence electrons. The number of rotatable bonds is 4. The zero-order valence-corrected chi connectivity index (χ0v) is 13.1. The van der Waals surface area contributed by atoms with Crippen LogP contribution in [0.3, 0.4) is 0 Å². The van der Waals surface area contributed by atoms with Crippen molar-refractivity contribution in [1.29, 1.82) is 0 Å². The molecule has 1 aromatic rings. The maximum absolute atomic E-state index is 12.4. The lowest BCUT2D eigenvalue weighted by molar-refractivity contribution is -0.135. The van der Waals surface area contributed by atoms with Crippen molar-refractivity contribution in [2.45, 2.75) is 19.8 Å². The number of carbonyl (C=O) groups is 1. The van der Waals surface area contributed by atoms with Gasteiger partial charge in [-0.25, -0.2) is 0 Å². The Kier molecular flexibility index (Phi) is 4.83. The minimum absolute atomic E-state index is 0.0614. The molecule has 2 aliphatic rings. The molecule has 0 spiro atoms. The second kappa shape index (κ2) is 7.01. The van der Waals surface area contributed by atoms with Crippen molar-refractivity contribution in [1.82, 2.24) is 10.2 Å². The van der Waals surface area contributed by atoms with Gasteiger partial charge in [-0.3, -0.25) is 4.79 Å². The van der Waals surface area contributed by atoms with Crippen LogP contribution in [-0.4, -0.2) is 50.2 Å². The number of aryl methyl sites for hydroxylation is 1. The summed E-state index contributed by atoms with van der Waals surface area (Å²) in [5, 5.41) is 3.28. The number of nitrogens with zero attached hydrogens (tertiary/aromatic N) is 1. The molecular formula is C17H24N2O3. The van der Waals surface area contributed by atoms with Gasteiger partial charge < -0.3 is 19.7 Å². The Hall–Kier alpha value is -1.75. The number of carbonyl (C=O) groups excluding carboxylic acids is 1. The Morgan fingerprint density at radius 2 is 1.95 bits per heavy atom. The van der Waals surface area contributed by atoms with E-state index in [1.807, 2.05) is 24.0 Å². The third kappa shape index (κ3) is 3.53. The normalized spacial score (nSPS) is 18.9. The molecule has 0 radical (unpaired) electrons. The van der Waals surface area contributed by atoms with E-state index in [9.17, 15) is 4.79 Å². The van der Waals surface area contributed by atoms with Gasteiger partial charge in [-0.15, -0.1) is 0 Å². The van der Waals surface area contributed by atoms with E-state index in [1.54, 1.807) is 0 Å². The molecular weight excluding hydrogens is 280 g/mol. The second-order valence-electron chi connectivity index (χ2n) is 5.99. The maximum atomic E-state index is 12.4. The van der Waals surface area contributed by atoms with Gasteiger partial charge in [0.1, 0.15) is 13.2 Å². The van der Waals surface area contributed by atoms with Gasteiger partial charge in [-0.1, -0.05) is 13.0 Å². The van der Waals surface area contributed by atoms with E-state index in [1.165, 1.54) is 5.56 Å². The molecule has 1 fully saturated rings. The fraction of sp³-hybridized carbons (Fsp3) is 0.588. The van der Waals surface area contributed by atoms with Crippen molar-refractivity contribution < 1.29 is 14.3 Å². The average Bonchev–Trinajstić information content (AvgIpc) is 2.59. The number of amides is 1. The average molecular weight is 304 g/mol. The third-order valence-corrected chi connectivity index (χ3v) is 4.32. The maximum Gasteiger partial charge on any atom is 0.225 e. The van der Waals surface area contributed by atoms with Crippen LogP contribution < -0.4 is 14.8 Å². The Morgan fingerprint density at radius 1 is 1.23 bits per heavy atom. The van der Waals surface area contributed by atoms with E-state index in [0.29, 0.717) is 13.2 Å². The van der Waals surface area contributed by atoms with Crippen LogP contribution in [0, 0.1) is 5.92 Å². The Labute approximate surface area is 131 Å². The van der Waals surface area contributed by atoms with Crippen LogP contribution in [-0.2, 0) is 11.2 Å². The zero-order chi connectivity index (χ0) is 15.4. The summed E-state index contributed by atoms with van der Waals surface area (Å²) in [7, 11) is 0. The Bertz CT molecular complexity index is 527. The lowest BCUT2D eigenvalue weighted by Gasteiger charge is -2.29. The number of hydrogen-bond donors (Lipinski definition) is 1. The molecule has 1 saturated heterocycles. The van der Waals surface area contributed by atoms with E-state index in [0.717, 1.165) is 50.5 Å². The van der Waals surface area contributed by atoms with Gasteiger partial charge in [-0.2, -0.15) is 0 Å². The van der Waals surface area contributed by atoms with Crippen LogP contribution in [0.4, 0.5) is 0 Å². The monoisotopic (exact) mass is 304 g/mol. The second-order valence-corrected chi connectivity index (χ2v) is 5.99. The first-order valence-corrected chi connectivity index (χ1v) is 8.12. The van der Waals surface area contributed by atoms with Crippen molar-refractivity contribution in [3.8, 4) is 11.5 Å². The molecule has 0 aromatic heterocycles. The molecule has 0 bridgehead atoms. The van der Waals surface area contributed by atoms with Crippen LogP contribution in [0.2, 0.25) is 0 Å². The highest BCUT2D eigenvalue weighted by Crippen LogP contribution is 2.31. The molecule has 1 atom stereocenters. The minimum Gasteiger partial charge on any atom is -0.486 e. The van der Waals surface area contributed by atoms with Crippen LogP contribution in [0.5, 0.6) is 11.5 Å². The Morgan fingerprint density at radius 3 is 2.73 bits per heavy atom. The molecule has 5 nitrogen and oxygen atoms in total. The highest BCUT2D eigenvalue weighted by Gasteiger charge is 2.22. The van der Waals surface area contributed by atoms with Gasteiger partial charge in [0.15, 0.2) is 11.5 Å². The molecule has 5 heteroatoms. The van der Waals surface area contributed by atoms with E-state index in [-0.39, 0.29) is 11.8 Å². The summed E-state index contributed by atoms with van der Waals surface area (Å²) in [5.74, 6) is 1.98. The van der Waals surface area contributed by atoms with Crippen LogP contribution in [0.1, 0.15) is 18.9 Å². The largest absolute Gasteiger partial charge is 0.486 e. The van der Waals surface area contributed by atoms with Crippen molar-refractivity contribution in [2.75, 3.05) is 39.4 Å². The molecule has 2 aliphatic heterocycles. The number of piperazine rings is 1. The molecule has 0 aliphatic carbocycles. The highest BCUT2D eigenvalue weighted by molar-refractivity contribution is 5.78. The zero-order valence-electron chi connectivity index (χ0n) is 13.1. The molecule has 1 N–H and O–H groups in total. The van der Waals surface area contributed by atoms with Gasteiger partial charge >= 0.3 is 0 Å². The molecule has 0 saturated carbocycles. The number of hydrogen-bond acceptors (Lipinski definition) is 4. The third-order valence-electron chi connectivity index (χ3n) is 4.32. The van der Waals surface area contributed by atoms with E-state index in [4.69, 9.17) is 9.47 Å². The number of fused-ring (bicyclic) bond motifs is 1. The molecule has 2 heterocycles. The fourth-order valence-corrected chi connectivity index (χ4v) is 2.95. The summed E-state index contributed by atoms with van der Waals surface area (Å²) in [6.45, 7) is 6.71. The molecule has 1 unspecified atom stereocenters. The van der Waals surface area contributed by atoms with Crippen molar-refractivity contribution in [3.05, 3.63) is 23.8 Å². The summed E-state index contributed by atoms with van der Waals surface area (Å²) < 4.78 is 11.1. The Balaban J connectivity index is 1.54. The summed E-state index contributed by atoms with van der Waals surface area (Å²) in [4.78, 5) is 14.4. The van der Waals surface area contributed by atoms with Crippen molar-refractivity contribution >= 4 is 5.91 Å². The summed E-state index contributed by atoms with van der Waals surface area (Å²) in [6, 6.07) is 6.07. The summed E-state index contributed by atoms with van der Waals surface area (Å²) >= 11 is 0. The van der Waals surface area contributed by atoms with Crippen LogP contribution in [0.15, 0.2) is 18.2 Å². The summed E-state index contributed by atoms with van der Waals surface area (Å²) in [6.07, 6.45) is 1.75. The number of benzene rings is 1. The molecule has 1 amide bonds.